The number of likely N-dealkylation sites (N-methyl/N-ethyl adjacent to an activating group) is 1. The van der Waals surface area contributed by atoms with E-state index in [0.717, 1.165) is 31.4 Å². The zero-order valence-electron chi connectivity index (χ0n) is 16.4. The van der Waals surface area contributed by atoms with Crippen LogP contribution in [0.3, 0.4) is 0 Å². The Morgan fingerprint density at radius 2 is 2.03 bits per heavy atom. The molecule has 1 saturated heterocycles. The van der Waals surface area contributed by atoms with Crippen LogP contribution in [-0.2, 0) is 16.6 Å². The second-order valence-corrected chi connectivity index (χ2v) is 8.83. The van der Waals surface area contributed by atoms with Crippen LogP contribution in [0.5, 0.6) is 11.5 Å². The van der Waals surface area contributed by atoms with Gasteiger partial charge in [0.2, 0.25) is 0 Å². The number of benzene rings is 2. The Labute approximate surface area is 169 Å². The van der Waals surface area contributed by atoms with E-state index >= 15 is 0 Å². The Hall–Kier alpha value is -2.66. The van der Waals surface area contributed by atoms with Crippen LogP contribution >= 0.6 is 0 Å². The number of Topliss-reactive ketones (excluding diaryl/α,β-unsaturated/α-hetero) is 1. The number of ether oxygens (including phenoxy) is 2. The first-order valence-electron chi connectivity index (χ1n) is 10.4. The Kier molecular flexibility index (Phi) is 3.52. The molecule has 2 fully saturated rings. The van der Waals surface area contributed by atoms with Gasteiger partial charge in [-0.05, 0) is 62.5 Å². The van der Waals surface area contributed by atoms with Gasteiger partial charge in [-0.1, -0.05) is 24.3 Å². The second kappa shape index (κ2) is 5.92. The van der Waals surface area contributed by atoms with E-state index in [-0.39, 0.29) is 11.2 Å². The molecule has 2 heterocycles. The molecule has 2 aliphatic heterocycles. The Morgan fingerprint density at radius 1 is 1.21 bits per heavy atom. The molecular weight excluding hydrogens is 366 g/mol. The van der Waals surface area contributed by atoms with Crippen LogP contribution in [0.25, 0.3) is 0 Å². The molecule has 5 nitrogen and oxygen atoms in total. The van der Waals surface area contributed by atoms with Crippen molar-refractivity contribution in [3.8, 4) is 11.5 Å². The van der Waals surface area contributed by atoms with Crippen LogP contribution < -0.4 is 9.47 Å². The van der Waals surface area contributed by atoms with Crippen LogP contribution in [0.2, 0.25) is 0 Å². The van der Waals surface area contributed by atoms with Gasteiger partial charge in [0.15, 0.2) is 23.4 Å². The zero-order valence-corrected chi connectivity index (χ0v) is 16.4. The van der Waals surface area contributed by atoms with Crippen LogP contribution in [-0.4, -0.2) is 42.4 Å². The number of hydrogen-bond acceptors (Lipinski definition) is 5. The number of esters is 1. The predicted molar refractivity (Wildman–Crippen MR) is 106 cm³/mol. The van der Waals surface area contributed by atoms with Gasteiger partial charge in [-0.15, -0.1) is 0 Å². The van der Waals surface area contributed by atoms with Gasteiger partial charge < -0.3 is 14.4 Å². The minimum absolute atomic E-state index is 0.189. The molecule has 0 amide bonds. The first kappa shape index (κ1) is 17.2. The van der Waals surface area contributed by atoms with Crippen molar-refractivity contribution in [3.63, 3.8) is 0 Å². The number of carbonyl (C=O) groups is 2. The van der Waals surface area contributed by atoms with Crippen molar-refractivity contribution in [1.82, 2.24) is 4.90 Å². The van der Waals surface area contributed by atoms with E-state index in [2.05, 4.69) is 18.0 Å². The molecule has 6 rings (SSSR count). The highest BCUT2D eigenvalue weighted by Gasteiger charge is 2.65. The average molecular weight is 389 g/mol. The maximum atomic E-state index is 12.9. The lowest BCUT2D eigenvalue weighted by molar-refractivity contribution is -0.138. The Bertz CT molecular complexity index is 1030. The summed E-state index contributed by atoms with van der Waals surface area (Å²) in [5.74, 6) is 1.26. The zero-order chi connectivity index (χ0) is 19.8. The number of carbonyl (C=O) groups excluding carboxylic acids is 2. The van der Waals surface area contributed by atoms with Gasteiger partial charge in [-0.2, -0.15) is 0 Å². The maximum Gasteiger partial charge on any atom is 0.343 e. The molecule has 4 aliphatic rings. The van der Waals surface area contributed by atoms with E-state index in [0.29, 0.717) is 35.4 Å². The summed E-state index contributed by atoms with van der Waals surface area (Å²) in [6.07, 6.45) is 2.92. The third kappa shape index (κ3) is 2.19. The van der Waals surface area contributed by atoms with Crippen molar-refractivity contribution in [2.75, 3.05) is 13.6 Å². The lowest BCUT2D eigenvalue weighted by Crippen LogP contribution is -2.65. The van der Waals surface area contributed by atoms with E-state index in [1.165, 1.54) is 5.56 Å². The maximum absolute atomic E-state index is 12.9. The van der Waals surface area contributed by atoms with E-state index in [4.69, 9.17) is 9.47 Å². The van der Waals surface area contributed by atoms with Gasteiger partial charge >= 0.3 is 5.97 Å². The molecule has 2 aliphatic carbocycles. The van der Waals surface area contributed by atoms with Gasteiger partial charge in [-0.3, -0.25) is 4.79 Å². The first-order chi connectivity index (χ1) is 14.1. The summed E-state index contributed by atoms with van der Waals surface area (Å²) < 4.78 is 12.1. The molecule has 0 unspecified atom stereocenters. The van der Waals surface area contributed by atoms with Crippen LogP contribution in [0.4, 0.5) is 0 Å². The van der Waals surface area contributed by atoms with E-state index < -0.39 is 12.1 Å². The van der Waals surface area contributed by atoms with Gasteiger partial charge in [0, 0.05) is 23.4 Å². The lowest BCUT2D eigenvalue weighted by atomic mass is 9.52. The lowest BCUT2D eigenvalue weighted by Gasteiger charge is -2.57. The van der Waals surface area contributed by atoms with Crippen molar-refractivity contribution < 1.29 is 19.1 Å². The SMILES string of the molecule is CN1CC[C@]23c4c5ccc(OC(=O)c6ccccc6)c4O[C@H]2C(=O)CC[C@H]3[C@H]1C5. The molecule has 29 heavy (non-hydrogen) atoms. The summed E-state index contributed by atoms with van der Waals surface area (Å²) in [5, 5.41) is 0. The van der Waals surface area contributed by atoms with Gasteiger partial charge in [0.05, 0.1) is 5.56 Å². The summed E-state index contributed by atoms with van der Waals surface area (Å²) >= 11 is 0. The van der Waals surface area contributed by atoms with E-state index in [1.807, 2.05) is 24.3 Å². The Morgan fingerprint density at radius 3 is 2.86 bits per heavy atom. The molecule has 2 bridgehead atoms. The molecule has 4 atom stereocenters. The molecule has 2 aromatic carbocycles. The highest BCUT2D eigenvalue weighted by molar-refractivity contribution is 5.92. The highest BCUT2D eigenvalue weighted by atomic mass is 16.6. The summed E-state index contributed by atoms with van der Waals surface area (Å²) in [4.78, 5) is 28.0. The molecule has 148 valence electrons. The van der Waals surface area contributed by atoms with Gasteiger partial charge in [-0.25, -0.2) is 4.79 Å². The molecule has 0 N–H and O–H groups in total. The topological polar surface area (TPSA) is 55.8 Å². The fourth-order valence-electron chi connectivity index (χ4n) is 6.32. The molecule has 0 aromatic heterocycles. The van der Waals surface area contributed by atoms with Crippen molar-refractivity contribution in [2.24, 2.45) is 5.92 Å². The summed E-state index contributed by atoms with van der Waals surface area (Å²) in [7, 11) is 2.20. The van der Waals surface area contributed by atoms with Crippen molar-refractivity contribution >= 4 is 11.8 Å². The number of hydrogen-bond donors (Lipinski definition) is 0. The predicted octanol–water partition coefficient (Wildman–Crippen LogP) is 3.14. The van der Waals surface area contributed by atoms with Crippen LogP contribution in [0.1, 0.15) is 40.7 Å². The standard InChI is InChI=1S/C24H23NO4/c1-25-12-11-24-16-8-9-18(26)22(24)29-21-19(10-7-15(20(21)24)13-17(16)25)28-23(27)14-5-3-2-4-6-14/h2-7,10,16-17,22H,8-9,11-13H2,1H3/t16-,17+,22-,24-/m0/s1. The normalized spacial score (nSPS) is 31.8. The Balaban J connectivity index is 1.48. The van der Waals surface area contributed by atoms with Crippen molar-refractivity contribution in [3.05, 3.63) is 59.2 Å². The van der Waals surface area contributed by atoms with Gasteiger partial charge in [0.25, 0.3) is 0 Å². The largest absolute Gasteiger partial charge is 0.477 e. The third-order valence-corrected chi connectivity index (χ3v) is 7.58. The van der Waals surface area contributed by atoms with E-state index in [9.17, 15) is 9.59 Å². The molecular formula is C24H23NO4. The number of ketones is 1. The first-order valence-corrected chi connectivity index (χ1v) is 10.4. The number of nitrogens with zero attached hydrogens (tertiary/aromatic N) is 1. The van der Waals surface area contributed by atoms with Crippen molar-refractivity contribution in [2.45, 2.75) is 43.2 Å². The molecule has 1 spiro atoms. The molecule has 1 saturated carbocycles. The summed E-state index contributed by atoms with van der Waals surface area (Å²) in [6, 6.07) is 13.3. The summed E-state index contributed by atoms with van der Waals surface area (Å²) in [6.45, 7) is 0.960. The van der Waals surface area contributed by atoms with Crippen LogP contribution in [0.15, 0.2) is 42.5 Å². The average Bonchev–Trinajstić information content (AvgIpc) is 3.10. The summed E-state index contributed by atoms with van der Waals surface area (Å²) in [5.41, 5.74) is 2.62. The minimum Gasteiger partial charge on any atom is -0.477 e. The number of likely N-dealkylation sites (tertiary alicyclic amines) is 1. The smallest absolute Gasteiger partial charge is 0.343 e. The number of rotatable bonds is 2. The quantitative estimate of drug-likeness (QED) is 0.583. The van der Waals surface area contributed by atoms with Gasteiger partial charge in [0.1, 0.15) is 0 Å². The minimum atomic E-state index is -0.442. The third-order valence-electron chi connectivity index (χ3n) is 7.58. The van der Waals surface area contributed by atoms with Crippen LogP contribution in [0, 0.1) is 5.92 Å². The molecule has 2 aromatic rings. The second-order valence-electron chi connectivity index (χ2n) is 8.83. The highest BCUT2D eigenvalue weighted by Crippen LogP contribution is 2.63. The van der Waals surface area contributed by atoms with E-state index in [1.54, 1.807) is 12.1 Å². The fourth-order valence-corrected chi connectivity index (χ4v) is 6.32. The van der Waals surface area contributed by atoms with Crippen molar-refractivity contribution in [1.29, 1.82) is 0 Å². The molecule has 5 heteroatoms. The monoisotopic (exact) mass is 389 g/mol. The molecule has 0 radical (unpaired) electrons. The number of piperidine rings is 1. The fraction of sp³-hybridized carbons (Fsp3) is 0.417.